The van der Waals surface area contributed by atoms with E-state index in [1.54, 1.807) is 0 Å². The van der Waals surface area contributed by atoms with Crippen molar-refractivity contribution in [3.63, 3.8) is 0 Å². The molecule has 1 fully saturated rings. The van der Waals surface area contributed by atoms with Gasteiger partial charge in [0, 0.05) is 12.1 Å². The van der Waals surface area contributed by atoms with E-state index >= 15 is 0 Å². The first-order valence-electron chi connectivity index (χ1n) is 6.50. The number of halogens is 1. The van der Waals surface area contributed by atoms with E-state index in [-0.39, 0.29) is 12.4 Å². The summed E-state index contributed by atoms with van der Waals surface area (Å²) in [6, 6.07) is 8.34. The SMILES string of the molecule is CCc1ccc(-c2noc(C3CCNC3)n2)cc1.Cl. The molecule has 0 aliphatic carbocycles. The molecule has 0 amide bonds. The fraction of sp³-hybridized carbons (Fsp3) is 0.429. The quantitative estimate of drug-likeness (QED) is 0.939. The van der Waals surface area contributed by atoms with E-state index in [0.717, 1.165) is 37.4 Å². The second kappa shape index (κ2) is 6.17. The maximum atomic E-state index is 5.36. The molecule has 0 radical (unpaired) electrons. The summed E-state index contributed by atoms with van der Waals surface area (Å²) < 4.78 is 5.36. The summed E-state index contributed by atoms with van der Waals surface area (Å²) in [5.74, 6) is 1.83. The standard InChI is InChI=1S/C14H17N3O.ClH/c1-2-10-3-5-11(6-4-10)13-16-14(18-17-13)12-7-8-15-9-12;/h3-6,12,15H,2,7-9H2,1H3;1H. The van der Waals surface area contributed by atoms with Crippen molar-refractivity contribution in [3.8, 4) is 11.4 Å². The van der Waals surface area contributed by atoms with Gasteiger partial charge in [-0.1, -0.05) is 36.3 Å². The highest BCUT2D eigenvalue weighted by Gasteiger charge is 2.22. The zero-order chi connectivity index (χ0) is 12.4. The third kappa shape index (κ3) is 2.96. The molecule has 1 aliphatic heterocycles. The van der Waals surface area contributed by atoms with Crippen molar-refractivity contribution in [3.05, 3.63) is 35.7 Å². The van der Waals surface area contributed by atoms with Crippen LogP contribution in [-0.2, 0) is 6.42 Å². The van der Waals surface area contributed by atoms with Crippen molar-refractivity contribution in [2.24, 2.45) is 0 Å². The summed E-state index contributed by atoms with van der Waals surface area (Å²) in [5, 5.41) is 7.38. The number of aromatic nitrogens is 2. The van der Waals surface area contributed by atoms with Crippen LogP contribution in [0.2, 0.25) is 0 Å². The average molecular weight is 280 g/mol. The molecule has 1 aromatic carbocycles. The highest BCUT2D eigenvalue weighted by molar-refractivity contribution is 5.85. The van der Waals surface area contributed by atoms with Gasteiger partial charge in [0.05, 0.1) is 5.92 Å². The van der Waals surface area contributed by atoms with Gasteiger partial charge in [-0.05, 0) is 24.9 Å². The summed E-state index contributed by atoms with van der Waals surface area (Å²) in [5.41, 5.74) is 2.34. The molecule has 0 spiro atoms. The lowest BCUT2D eigenvalue weighted by Crippen LogP contribution is -2.08. The first-order chi connectivity index (χ1) is 8.86. The summed E-state index contributed by atoms with van der Waals surface area (Å²) >= 11 is 0. The zero-order valence-corrected chi connectivity index (χ0v) is 11.7. The Kier molecular flexibility index (Phi) is 4.56. The number of nitrogens with zero attached hydrogens (tertiary/aromatic N) is 2. The monoisotopic (exact) mass is 279 g/mol. The molecule has 1 unspecified atom stereocenters. The van der Waals surface area contributed by atoms with Crippen LogP contribution in [0.3, 0.4) is 0 Å². The van der Waals surface area contributed by atoms with Crippen molar-refractivity contribution < 1.29 is 4.52 Å². The van der Waals surface area contributed by atoms with Crippen LogP contribution in [0.4, 0.5) is 0 Å². The predicted molar refractivity (Wildman–Crippen MR) is 76.6 cm³/mol. The Bertz CT molecular complexity index is 518. The van der Waals surface area contributed by atoms with Crippen molar-refractivity contribution >= 4 is 12.4 Å². The highest BCUT2D eigenvalue weighted by atomic mass is 35.5. The topological polar surface area (TPSA) is 51.0 Å². The Morgan fingerprint density at radius 3 is 2.74 bits per heavy atom. The van der Waals surface area contributed by atoms with Gasteiger partial charge in [-0.2, -0.15) is 4.98 Å². The summed E-state index contributed by atoms with van der Waals surface area (Å²) in [6.07, 6.45) is 2.13. The molecule has 2 heterocycles. The molecule has 1 atom stereocenters. The van der Waals surface area contributed by atoms with Crippen molar-refractivity contribution in [2.45, 2.75) is 25.7 Å². The van der Waals surface area contributed by atoms with Crippen LogP contribution in [0, 0.1) is 0 Å². The highest BCUT2D eigenvalue weighted by Crippen LogP contribution is 2.23. The van der Waals surface area contributed by atoms with Gasteiger partial charge >= 0.3 is 0 Å². The van der Waals surface area contributed by atoms with Gasteiger partial charge in [0.1, 0.15) is 0 Å². The molecule has 3 rings (SSSR count). The second-order valence-electron chi connectivity index (χ2n) is 4.70. The maximum absolute atomic E-state index is 5.36. The van der Waals surface area contributed by atoms with Crippen LogP contribution >= 0.6 is 12.4 Å². The van der Waals surface area contributed by atoms with Gasteiger partial charge in [-0.15, -0.1) is 12.4 Å². The van der Waals surface area contributed by atoms with E-state index in [0.29, 0.717) is 11.7 Å². The Labute approximate surface area is 119 Å². The fourth-order valence-corrected chi connectivity index (χ4v) is 2.27. The second-order valence-corrected chi connectivity index (χ2v) is 4.70. The molecule has 1 N–H and O–H groups in total. The van der Waals surface area contributed by atoms with Gasteiger partial charge in [0.25, 0.3) is 0 Å². The third-order valence-electron chi connectivity index (χ3n) is 3.47. The summed E-state index contributed by atoms with van der Waals surface area (Å²) in [7, 11) is 0. The first kappa shape index (κ1) is 14.0. The average Bonchev–Trinajstić information content (AvgIpc) is 3.09. The lowest BCUT2D eigenvalue weighted by atomic mass is 10.1. The molecular formula is C14H18ClN3O. The minimum absolute atomic E-state index is 0. The van der Waals surface area contributed by atoms with Crippen LogP contribution in [0.15, 0.2) is 28.8 Å². The third-order valence-corrected chi connectivity index (χ3v) is 3.47. The molecule has 19 heavy (non-hydrogen) atoms. The molecule has 2 aromatic rings. The van der Waals surface area contributed by atoms with Crippen LogP contribution in [-0.4, -0.2) is 23.2 Å². The van der Waals surface area contributed by atoms with E-state index in [1.165, 1.54) is 5.56 Å². The van der Waals surface area contributed by atoms with Crippen molar-refractivity contribution in [2.75, 3.05) is 13.1 Å². The number of hydrogen-bond donors (Lipinski definition) is 1. The zero-order valence-electron chi connectivity index (χ0n) is 10.9. The number of hydrogen-bond acceptors (Lipinski definition) is 4. The molecule has 1 aromatic heterocycles. The number of rotatable bonds is 3. The van der Waals surface area contributed by atoms with Gasteiger partial charge in [0.2, 0.25) is 11.7 Å². The van der Waals surface area contributed by atoms with Crippen LogP contribution in [0.25, 0.3) is 11.4 Å². The Morgan fingerprint density at radius 2 is 2.11 bits per heavy atom. The van der Waals surface area contributed by atoms with Crippen molar-refractivity contribution in [1.82, 2.24) is 15.5 Å². The van der Waals surface area contributed by atoms with Crippen LogP contribution < -0.4 is 5.32 Å². The number of nitrogens with one attached hydrogen (secondary N) is 1. The summed E-state index contributed by atoms with van der Waals surface area (Å²) in [4.78, 5) is 4.50. The van der Waals surface area contributed by atoms with E-state index in [1.807, 2.05) is 0 Å². The van der Waals surface area contributed by atoms with E-state index in [4.69, 9.17) is 4.52 Å². The number of benzene rings is 1. The Balaban J connectivity index is 0.00000133. The molecule has 0 saturated carbocycles. The van der Waals surface area contributed by atoms with E-state index in [2.05, 4.69) is 46.6 Å². The van der Waals surface area contributed by atoms with E-state index < -0.39 is 0 Å². The minimum Gasteiger partial charge on any atom is -0.339 e. The molecular weight excluding hydrogens is 262 g/mol. The lowest BCUT2D eigenvalue weighted by Gasteiger charge is -1.99. The maximum Gasteiger partial charge on any atom is 0.231 e. The van der Waals surface area contributed by atoms with Gasteiger partial charge in [-0.25, -0.2) is 0 Å². The molecule has 102 valence electrons. The first-order valence-corrected chi connectivity index (χ1v) is 6.50. The summed E-state index contributed by atoms with van der Waals surface area (Å²) in [6.45, 7) is 4.12. The molecule has 4 nitrogen and oxygen atoms in total. The van der Waals surface area contributed by atoms with E-state index in [9.17, 15) is 0 Å². The van der Waals surface area contributed by atoms with Gasteiger partial charge in [-0.3, -0.25) is 0 Å². The molecule has 1 aliphatic rings. The largest absolute Gasteiger partial charge is 0.339 e. The smallest absolute Gasteiger partial charge is 0.231 e. The van der Waals surface area contributed by atoms with Gasteiger partial charge in [0.15, 0.2) is 0 Å². The Morgan fingerprint density at radius 1 is 1.32 bits per heavy atom. The minimum atomic E-state index is 0. The predicted octanol–water partition coefficient (Wildman–Crippen LogP) is 2.80. The van der Waals surface area contributed by atoms with Crippen LogP contribution in [0.5, 0.6) is 0 Å². The van der Waals surface area contributed by atoms with Gasteiger partial charge < -0.3 is 9.84 Å². The molecule has 1 saturated heterocycles. The Hall–Kier alpha value is -1.39. The number of aryl methyl sites for hydroxylation is 1. The molecule has 5 heteroatoms. The van der Waals surface area contributed by atoms with Crippen LogP contribution in [0.1, 0.15) is 30.7 Å². The lowest BCUT2D eigenvalue weighted by molar-refractivity contribution is 0.359. The normalized spacial score (nSPS) is 18.3. The van der Waals surface area contributed by atoms with Crippen molar-refractivity contribution in [1.29, 1.82) is 0 Å². The fourth-order valence-electron chi connectivity index (χ4n) is 2.27. The molecule has 0 bridgehead atoms.